The Morgan fingerprint density at radius 3 is 1.94 bits per heavy atom. The highest BCUT2D eigenvalue weighted by Crippen LogP contribution is 2.24. The van der Waals surface area contributed by atoms with Crippen molar-refractivity contribution in [1.29, 1.82) is 0 Å². The van der Waals surface area contributed by atoms with E-state index in [9.17, 15) is 5.11 Å². The second-order valence-electron chi connectivity index (χ2n) is 4.26. The van der Waals surface area contributed by atoms with E-state index >= 15 is 0 Å². The van der Waals surface area contributed by atoms with Crippen LogP contribution in [-0.2, 0) is 12.0 Å². The Hall–Kier alpha value is -1.64. The summed E-state index contributed by atoms with van der Waals surface area (Å²) in [6, 6.07) is 19.5. The van der Waals surface area contributed by atoms with Gasteiger partial charge in [0.15, 0.2) is 0 Å². The Bertz CT molecular complexity index is 455. The van der Waals surface area contributed by atoms with Gasteiger partial charge in [-0.25, -0.2) is 0 Å². The molecule has 0 unspecified atom stereocenters. The molecule has 17 heavy (non-hydrogen) atoms. The van der Waals surface area contributed by atoms with Gasteiger partial charge in [-0.2, -0.15) is 0 Å². The van der Waals surface area contributed by atoms with Gasteiger partial charge < -0.3 is 10.8 Å². The lowest BCUT2D eigenvalue weighted by Crippen LogP contribution is -2.37. The van der Waals surface area contributed by atoms with E-state index in [0.29, 0.717) is 6.42 Å². The molecule has 0 radical (unpaired) electrons. The average Bonchev–Trinajstić information content (AvgIpc) is 2.41. The molecular formula is C15H17NO. The summed E-state index contributed by atoms with van der Waals surface area (Å²) in [7, 11) is 0. The molecule has 0 bridgehead atoms. The lowest BCUT2D eigenvalue weighted by atomic mass is 9.87. The number of rotatable bonds is 4. The van der Waals surface area contributed by atoms with E-state index in [1.165, 1.54) is 0 Å². The van der Waals surface area contributed by atoms with Crippen molar-refractivity contribution < 1.29 is 5.11 Å². The average molecular weight is 227 g/mol. The number of benzene rings is 2. The van der Waals surface area contributed by atoms with Gasteiger partial charge in [0.05, 0.1) is 0 Å². The molecule has 2 aromatic carbocycles. The van der Waals surface area contributed by atoms with Crippen LogP contribution in [0.25, 0.3) is 0 Å². The summed E-state index contributed by atoms with van der Waals surface area (Å²) in [6.07, 6.45) is 0.536. The molecular weight excluding hydrogens is 210 g/mol. The third-order valence-corrected chi connectivity index (χ3v) is 2.99. The summed E-state index contributed by atoms with van der Waals surface area (Å²) in [5.74, 6) is 0. The fraction of sp³-hybridized carbons (Fsp3) is 0.200. The first kappa shape index (κ1) is 11.8. The van der Waals surface area contributed by atoms with Crippen LogP contribution < -0.4 is 5.73 Å². The minimum absolute atomic E-state index is 0.214. The SMILES string of the molecule is NC[C@@](O)(Cc1ccccc1)c1ccccc1. The van der Waals surface area contributed by atoms with Gasteiger partial charge in [0.1, 0.15) is 5.60 Å². The number of aliphatic hydroxyl groups is 1. The molecule has 2 heteroatoms. The molecule has 0 spiro atoms. The van der Waals surface area contributed by atoms with Crippen LogP contribution in [0.1, 0.15) is 11.1 Å². The Balaban J connectivity index is 2.27. The van der Waals surface area contributed by atoms with Crippen LogP contribution in [0.3, 0.4) is 0 Å². The van der Waals surface area contributed by atoms with Gasteiger partial charge in [-0.05, 0) is 11.1 Å². The van der Waals surface area contributed by atoms with Crippen LogP contribution in [0.5, 0.6) is 0 Å². The summed E-state index contributed by atoms with van der Waals surface area (Å²) in [5, 5.41) is 10.6. The molecule has 2 aromatic rings. The predicted molar refractivity (Wildman–Crippen MR) is 69.5 cm³/mol. The molecule has 0 aliphatic heterocycles. The largest absolute Gasteiger partial charge is 0.383 e. The maximum Gasteiger partial charge on any atom is 0.106 e. The van der Waals surface area contributed by atoms with Gasteiger partial charge in [0.25, 0.3) is 0 Å². The van der Waals surface area contributed by atoms with Crippen LogP contribution in [0.4, 0.5) is 0 Å². The highest BCUT2D eigenvalue weighted by Gasteiger charge is 2.27. The molecule has 1 atom stereocenters. The van der Waals surface area contributed by atoms with Crippen molar-refractivity contribution >= 4 is 0 Å². The first-order valence-corrected chi connectivity index (χ1v) is 5.76. The van der Waals surface area contributed by atoms with Gasteiger partial charge >= 0.3 is 0 Å². The Labute approximate surface area is 102 Å². The van der Waals surface area contributed by atoms with Gasteiger partial charge in [0.2, 0.25) is 0 Å². The monoisotopic (exact) mass is 227 g/mol. The maximum absolute atomic E-state index is 10.6. The van der Waals surface area contributed by atoms with E-state index in [-0.39, 0.29) is 6.54 Å². The first-order chi connectivity index (χ1) is 8.24. The summed E-state index contributed by atoms with van der Waals surface area (Å²) in [6.45, 7) is 0.214. The molecule has 0 saturated heterocycles. The first-order valence-electron chi connectivity index (χ1n) is 5.76. The summed E-state index contributed by atoms with van der Waals surface area (Å²) in [5.41, 5.74) is 6.71. The van der Waals surface area contributed by atoms with E-state index in [1.54, 1.807) is 0 Å². The van der Waals surface area contributed by atoms with Gasteiger partial charge in [-0.3, -0.25) is 0 Å². The van der Waals surface area contributed by atoms with E-state index in [1.807, 2.05) is 60.7 Å². The molecule has 3 N–H and O–H groups in total. The van der Waals surface area contributed by atoms with Crippen LogP contribution in [0.15, 0.2) is 60.7 Å². The topological polar surface area (TPSA) is 46.2 Å². The fourth-order valence-corrected chi connectivity index (χ4v) is 1.97. The highest BCUT2D eigenvalue weighted by atomic mass is 16.3. The normalized spacial score (nSPS) is 14.2. The van der Waals surface area contributed by atoms with Crippen LogP contribution in [-0.4, -0.2) is 11.7 Å². The third kappa shape index (κ3) is 2.73. The summed E-state index contributed by atoms with van der Waals surface area (Å²) >= 11 is 0. The van der Waals surface area contributed by atoms with Gasteiger partial charge in [-0.1, -0.05) is 60.7 Å². The quantitative estimate of drug-likeness (QED) is 0.840. The zero-order chi connectivity index (χ0) is 12.1. The molecule has 0 aliphatic rings. The van der Waals surface area contributed by atoms with Crippen LogP contribution >= 0.6 is 0 Å². The lowest BCUT2D eigenvalue weighted by molar-refractivity contribution is 0.0463. The van der Waals surface area contributed by atoms with Crippen LogP contribution in [0.2, 0.25) is 0 Å². The Morgan fingerprint density at radius 1 is 0.882 bits per heavy atom. The zero-order valence-corrected chi connectivity index (χ0v) is 9.71. The van der Waals surface area contributed by atoms with E-state index < -0.39 is 5.60 Å². The molecule has 0 fully saturated rings. The lowest BCUT2D eigenvalue weighted by Gasteiger charge is -2.27. The van der Waals surface area contributed by atoms with E-state index in [0.717, 1.165) is 11.1 Å². The second kappa shape index (κ2) is 5.13. The molecule has 0 aliphatic carbocycles. The van der Waals surface area contributed by atoms with Crippen molar-refractivity contribution in [2.24, 2.45) is 5.73 Å². The van der Waals surface area contributed by atoms with Crippen LogP contribution in [0, 0.1) is 0 Å². The summed E-state index contributed by atoms with van der Waals surface area (Å²) < 4.78 is 0. The molecule has 0 aromatic heterocycles. The molecule has 88 valence electrons. The minimum Gasteiger partial charge on any atom is -0.383 e. The fourth-order valence-electron chi connectivity index (χ4n) is 1.97. The standard InChI is InChI=1S/C15H17NO/c16-12-15(17,14-9-5-2-6-10-14)11-13-7-3-1-4-8-13/h1-10,17H,11-12,16H2/t15-/m0/s1. The Kier molecular flexibility index (Phi) is 3.57. The van der Waals surface area contributed by atoms with Gasteiger partial charge in [0, 0.05) is 13.0 Å². The molecule has 0 amide bonds. The number of nitrogens with two attached hydrogens (primary N) is 1. The number of hydrogen-bond acceptors (Lipinski definition) is 2. The van der Waals surface area contributed by atoms with Gasteiger partial charge in [-0.15, -0.1) is 0 Å². The molecule has 0 saturated carbocycles. The van der Waals surface area contributed by atoms with E-state index in [4.69, 9.17) is 5.73 Å². The van der Waals surface area contributed by atoms with Crippen molar-refractivity contribution in [3.63, 3.8) is 0 Å². The van der Waals surface area contributed by atoms with E-state index in [2.05, 4.69) is 0 Å². The van der Waals surface area contributed by atoms with Crippen molar-refractivity contribution in [2.75, 3.05) is 6.54 Å². The third-order valence-electron chi connectivity index (χ3n) is 2.99. The number of hydrogen-bond donors (Lipinski definition) is 2. The zero-order valence-electron chi connectivity index (χ0n) is 9.71. The highest BCUT2D eigenvalue weighted by molar-refractivity contribution is 5.27. The second-order valence-corrected chi connectivity index (χ2v) is 4.26. The smallest absolute Gasteiger partial charge is 0.106 e. The molecule has 0 heterocycles. The maximum atomic E-state index is 10.6. The summed E-state index contributed by atoms with van der Waals surface area (Å²) in [4.78, 5) is 0. The van der Waals surface area contributed by atoms with Crippen molar-refractivity contribution in [1.82, 2.24) is 0 Å². The minimum atomic E-state index is -0.984. The van der Waals surface area contributed by atoms with Crippen molar-refractivity contribution in [3.05, 3.63) is 71.8 Å². The molecule has 2 rings (SSSR count). The van der Waals surface area contributed by atoms with Crippen molar-refractivity contribution in [2.45, 2.75) is 12.0 Å². The van der Waals surface area contributed by atoms with Crippen molar-refractivity contribution in [3.8, 4) is 0 Å². The predicted octanol–water partition coefficient (Wildman–Crippen LogP) is 2.08. The Morgan fingerprint density at radius 2 is 1.41 bits per heavy atom. The molecule has 2 nitrogen and oxygen atoms in total.